The number of aromatic nitrogens is 1. The molecule has 1 fully saturated rings. The molecule has 1 saturated carbocycles. The fourth-order valence-corrected chi connectivity index (χ4v) is 3.76. The standard InChI is InChI=1S/C23H28N2O3/c1-14-10-15(2)23(16(3)11-14)24-21(26)13-28-22(27)9-6-19-12-17(4)25(18(19)5)20-7-8-20/h6,9-12,20H,7-8,13H2,1-5H3,(H,24,26)/b9-6+. The van der Waals surface area contributed by atoms with Gasteiger partial charge in [-0.3, -0.25) is 4.79 Å². The van der Waals surface area contributed by atoms with E-state index in [1.165, 1.54) is 24.6 Å². The Labute approximate surface area is 166 Å². The number of esters is 1. The lowest BCUT2D eigenvalue weighted by molar-refractivity contribution is -0.142. The molecule has 5 heteroatoms. The van der Waals surface area contributed by atoms with Crippen LogP contribution in [0.2, 0.25) is 0 Å². The zero-order valence-electron chi connectivity index (χ0n) is 17.3. The summed E-state index contributed by atoms with van der Waals surface area (Å²) in [6.45, 7) is 9.75. The normalized spacial score (nSPS) is 13.8. The monoisotopic (exact) mass is 380 g/mol. The summed E-state index contributed by atoms with van der Waals surface area (Å²) in [5, 5.41) is 2.83. The van der Waals surface area contributed by atoms with Crippen LogP contribution >= 0.6 is 0 Å². The van der Waals surface area contributed by atoms with Crippen LogP contribution in [0, 0.1) is 34.6 Å². The van der Waals surface area contributed by atoms with E-state index >= 15 is 0 Å². The first-order chi connectivity index (χ1) is 13.3. The highest BCUT2D eigenvalue weighted by molar-refractivity contribution is 5.95. The highest BCUT2D eigenvalue weighted by Crippen LogP contribution is 2.38. The van der Waals surface area contributed by atoms with Crippen molar-refractivity contribution in [2.75, 3.05) is 11.9 Å². The lowest BCUT2D eigenvalue weighted by Crippen LogP contribution is -2.21. The Morgan fingerprint density at radius 1 is 1.11 bits per heavy atom. The molecule has 1 heterocycles. The molecule has 0 atom stereocenters. The van der Waals surface area contributed by atoms with Crippen molar-refractivity contribution in [2.24, 2.45) is 0 Å². The molecule has 0 unspecified atom stereocenters. The second-order valence-electron chi connectivity index (χ2n) is 7.69. The van der Waals surface area contributed by atoms with Crippen molar-refractivity contribution in [3.8, 4) is 0 Å². The predicted octanol–water partition coefficient (Wildman–Crippen LogP) is 4.56. The van der Waals surface area contributed by atoms with Crippen molar-refractivity contribution in [1.29, 1.82) is 0 Å². The van der Waals surface area contributed by atoms with Crippen LogP contribution in [0.25, 0.3) is 6.08 Å². The minimum Gasteiger partial charge on any atom is -0.452 e. The second kappa shape index (κ2) is 8.05. The van der Waals surface area contributed by atoms with Crippen molar-refractivity contribution < 1.29 is 14.3 Å². The summed E-state index contributed by atoms with van der Waals surface area (Å²) in [6.07, 6.45) is 5.58. The van der Waals surface area contributed by atoms with Gasteiger partial charge in [0.15, 0.2) is 6.61 Å². The molecule has 0 radical (unpaired) electrons. The maximum Gasteiger partial charge on any atom is 0.331 e. The van der Waals surface area contributed by atoms with Crippen LogP contribution in [0.5, 0.6) is 0 Å². The number of ether oxygens (including phenoxy) is 1. The van der Waals surface area contributed by atoms with Gasteiger partial charge < -0.3 is 14.6 Å². The molecular formula is C23H28N2O3. The third kappa shape index (κ3) is 4.53. The van der Waals surface area contributed by atoms with Crippen LogP contribution in [-0.4, -0.2) is 23.1 Å². The Kier molecular flexibility index (Phi) is 5.73. The molecule has 0 spiro atoms. The van der Waals surface area contributed by atoms with Crippen molar-refractivity contribution in [1.82, 2.24) is 4.57 Å². The van der Waals surface area contributed by atoms with E-state index in [2.05, 4.69) is 29.8 Å². The van der Waals surface area contributed by atoms with Gasteiger partial charge in [-0.25, -0.2) is 4.79 Å². The Morgan fingerprint density at radius 2 is 1.75 bits per heavy atom. The fourth-order valence-electron chi connectivity index (χ4n) is 3.76. The molecule has 0 saturated heterocycles. The maximum absolute atomic E-state index is 12.1. The van der Waals surface area contributed by atoms with E-state index in [-0.39, 0.29) is 12.5 Å². The van der Waals surface area contributed by atoms with Gasteiger partial charge in [-0.2, -0.15) is 0 Å². The number of carbonyl (C=O) groups is 2. The highest BCUT2D eigenvalue weighted by atomic mass is 16.5. The van der Waals surface area contributed by atoms with Crippen LogP contribution in [0.3, 0.4) is 0 Å². The molecular weight excluding hydrogens is 352 g/mol. The number of carbonyl (C=O) groups excluding carboxylic acids is 2. The molecule has 3 rings (SSSR count). The number of nitrogens with zero attached hydrogens (tertiary/aromatic N) is 1. The molecule has 28 heavy (non-hydrogen) atoms. The fraction of sp³-hybridized carbons (Fsp3) is 0.391. The first-order valence-corrected chi connectivity index (χ1v) is 9.67. The number of nitrogens with one attached hydrogen (secondary N) is 1. The van der Waals surface area contributed by atoms with Gasteiger partial charge in [0.25, 0.3) is 5.91 Å². The number of benzene rings is 1. The van der Waals surface area contributed by atoms with Crippen LogP contribution in [0.15, 0.2) is 24.3 Å². The van der Waals surface area contributed by atoms with E-state index < -0.39 is 5.97 Å². The Hall–Kier alpha value is -2.82. The van der Waals surface area contributed by atoms with Gasteiger partial charge in [-0.1, -0.05) is 17.7 Å². The molecule has 1 aromatic heterocycles. The summed E-state index contributed by atoms with van der Waals surface area (Å²) < 4.78 is 7.42. The van der Waals surface area contributed by atoms with Gasteiger partial charge in [0.05, 0.1) is 0 Å². The van der Waals surface area contributed by atoms with E-state index in [9.17, 15) is 9.59 Å². The average molecular weight is 380 g/mol. The third-order valence-electron chi connectivity index (χ3n) is 5.12. The van der Waals surface area contributed by atoms with Crippen molar-refractivity contribution in [2.45, 2.75) is 53.5 Å². The van der Waals surface area contributed by atoms with E-state index in [1.54, 1.807) is 6.08 Å². The van der Waals surface area contributed by atoms with Gasteiger partial charge in [-0.15, -0.1) is 0 Å². The summed E-state index contributed by atoms with van der Waals surface area (Å²) >= 11 is 0. The Morgan fingerprint density at radius 3 is 2.36 bits per heavy atom. The van der Waals surface area contributed by atoms with Crippen molar-refractivity contribution in [3.63, 3.8) is 0 Å². The molecule has 148 valence electrons. The molecule has 1 aromatic carbocycles. The first kappa shape index (κ1) is 19.9. The van der Waals surface area contributed by atoms with Gasteiger partial charge in [-0.05, 0) is 76.3 Å². The summed E-state index contributed by atoms with van der Waals surface area (Å²) in [5.41, 5.74) is 7.27. The quantitative estimate of drug-likeness (QED) is 0.590. The van der Waals surface area contributed by atoms with Gasteiger partial charge in [0.2, 0.25) is 0 Å². The zero-order valence-corrected chi connectivity index (χ0v) is 17.3. The number of hydrogen-bond acceptors (Lipinski definition) is 3. The van der Waals surface area contributed by atoms with Crippen LogP contribution < -0.4 is 5.32 Å². The average Bonchev–Trinajstić information content (AvgIpc) is 3.40. The Balaban J connectivity index is 1.55. The molecule has 1 amide bonds. The van der Waals surface area contributed by atoms with E-state index in [4.69, 9.17) is 4.74 Å². The molecule has 0 aliphatic heterocycles. The maximum atomic E-state index is 12.1. The van der Waals surface area contributed by atoms with Crippen LogP contribution in [0.4, 0.5) is 5.69 Å². The predicted molar refractivity (Wildman–Crippen MR) is 111 cm³/mol. The number of rotatable bonds is 6. The highest BCUT2D eigenvalue weighted by Gasteiger charge is 2.26. The second-order valence-corrected chi connectivity index (χ2v) is 7.69. The Bertz CT molecular complexity index is 926. The van der Waals surface area contributed by atoms with E-state index in [1.807, 2.05) is 32.9 Å². The third-order valence-corrected chi connectivity index (χ3v) is 5.12. The van der Waals surface area contributed by atoms with Crippen LogP contribution in [0.1, 0.15) is 52.5 Å². The van der Waals surface area contributed by atoms with Crippen LogP contribution in [-0.2, 0) is 14.3 Å². The SMILES string of the molecule is Cc1cc(C)c(NC(=O)COC(=O)/C=C/c2cc(C)n(C3CC3)c2C)c(C)c1. The van der Waals surface area contributed by atoms with Crippen molar-refractivity contribution in [3.05, 3.63) is 57.9 Å². The van der Waals surface area contributed by atoms with Gasteiger partial charge >= 0.3 is 5.97 Å². The molecule has 1 aliphatic rings. The molecule has 1 aliphatic carbocycles. The molecule has 2 aromatic rings. The van der Waals surface area contributed by atoms with Crippen molar-refractivity contribution >= 4 is 23.6 Å². The number of anilines is 1. The minimum atomic E-state index is -0.524. The lowest BCUT2D eigenvalue weighted by atomic mass is 10.1. The number of hydrogen-bond donors (Lipinski definition) is 1. The topological polar surface area (TPSA) is 60.3 Å². The minimum absolute atomic E-state index is 0.309. The lowest BCUT2D eigenvalue weighted by Gasteiger charge is -2.12. The van der Waals surface area contributed by atoms with Gasteiger partial charge in [0.1, 0.15) is 0 Å². The molecule has 1 N–H and O–H groups in total. The number of aryl methyl sites for hydroxylation is 4. The summed E-state index contributed by atoms with van der Waals surface area (Å²) in [7, 11) is 0. The number of amides is 1. The van der Waals surface area contributed by atoms with Gasteiger partial charge in [0, 0.05) is 29.2 Å². The zero-order chi connectivity index (χ0) is 20.4. The summed E-state index contributed by atoms with van der Waals surface area (Å²) in [4.78, 5) is 24.2. The molecule has 0 bridgehead atoms. The summed E-state index contributed by atoms with van der Waals surface area (Å²) in [5.74, 6) is -0.868. The summed E-state index contributed by atoms with van der Waals surface area (Å²) in [6, 6.07) is 6.70. The van der Waals surface area contributed by atoms with E-state index in [0.717, 1.165) is 33.6 Å². The molecule has 5 nitrogen and oxygen atoms in total. The van der Waals surface area contributed by atoms with E-state index in [0.29, 0.717) is 6.04 Å². The first-order valence-electron chi connectivity index (χ1n) is 9.67. The smallest absolute Gasteiger partial charge is 0.331 e. The largest absolute Gasteiger partial charge is 0.452 e.